The molecule has 1 aromatic carbocycles. The average molecular weight is 274 g/mol. The normalized spacial score (nSPS) is 18.4. The fourth-order valence-corrected chi connectivity index (χ4v) is 2.43. The zero-order valence-corrected chi connectivity index (χ0v) is 11.1. The molecule has 1 N–H and O–H groups in total. The number of nitrogens with one attached hydrogen (secondary N) is 1. The van der Waals surface area contributed by atoms with Crippen LogP contribution in [0.3, 0.4) is 0 Å². The van der Waals surface area contributed by atoms with Gasteiger partial charge >= 0.3 is 0 Å². The van der Waals surface area contributed by atoms with Crippen molar-refractivity contribution >= 4 is 22.5 Å². The number of pyridine rings is 1. The van der Waals surface area contributed by atoms with E-state index in [1.807, 2.05) is 6.92 Å². The Balaban J connectivity index is 1.97. The number of hydrogen-bond donors (Lipinski definition) is 1. The number of nitrogens with zero attached hydrogens (tertiary/aromatic N) is 1. The third-order valence-corrected chi connectivity index (χ3v) is 3.38. The molecule has 1 unspecified atom stereocenters. The molecule has 1 aliphatic rings. The van der Waals surface area contributed by atoms with Crippen LogP contribution in [-0.4, -0.2) is 23.6 Å². The lowest BCUT2D eigenvalue weighted by molar-refractivity contribution is -0.124. The van der Waals surface area contributed by atoms with E-state index < -0.39 is 6.10 Å². The summed E-state index contributed by atoms with van der Waals surface area (Å²) in [5.74, 6) is -0.533. The number of aromatic nitrogens is 1. The van der Waals surface area contributed by atoms with Gasteiger partial charge in [0.25, 0.3) is 5.91 Å². The first-order valence-electron chi connectivity index (χ1n) is 6.63. The van der Waals surface area contributed by atoms with Crippen LogP contribution in [0.1, 0.15) is 18.5 Å². The summed E-state index contributed by atoms with van der Waals surface area (Å²) in [7, 11) is 0. The second-order valence-electron chi connectivity index (χ2n) is 4.96. The van der Waals surface area contributed by atoms with Crippen molar-refractivity contribution in [1.82, 2.24) is 4.98 Å². The van der Waals surface area contributed by atoms with Crippen molar-refractivity contribution in [1.29, 1.82) is 0 Å². The lowest BCUT2D eigenvalue weighted by Gasteiger charge is -2.13. The van der Waals surface area contributed by atoms with Crippen molar-refractivity contribution in [3.05, 3.63) is 35.8 Å². The fourth-order valence-electron chi connectivity index (χ4n) is 2.43. The maximum atomic E-state index is 13.4. The monoisotopic (exact) mass is 274 g/mol. The van der Waals surface area contributed by atoms with E-state index >= 15 is 0 Å². The molecule has 0 aliphatic carbocycles. The molecular weight excluding hydrogens is 259 g/mol. The highest BCUT2D eigenvalue weighted by Crippen LogP contribution is 2.25. The first kappa shape index (κ1) is 13.0. The van der Waals surface area contributed by atoms with Gasteiger partial charge in [-0.05, 0) is 44.0 Å². The summed E-state index contributed by atoms with van der Waals surface area (Å²) in [6.07, 6.45) is 1.21. The molecule has 20 heavy (non-hydrogen) atoms. The van der Waals surface area contributed by atoms with Gasteiger partial charge in [0, 0.05) is 17.7 Å². The Bertz CT molecular complexity index is 666. The lowest BCUT2D eigenvalue weighted by atomic mass is 10.1. The largest absolute Gasteiger partial charge is 0.368 e. The fraction of sp³-hybridized carbons (Fsp3) is 0.333. The SMILES string of the molecule is Cc1cc(NC(=O)C2CCCO2)c2cc(F)ccc2n1. The molecule has 1 aliphatic heterocycles. The zero-order valence-electron chi connectivity index (χ0n) is 11.1. The Morgan fingerprint density at radius 3 is 3.05 bits per heavy atom. The van der Waals surface area contributed by atoms with Gasteiger partial charge in [-0.1, -0.05) is 0 Å². The average Bonchev–Trinajstić information content (AvgIpc) is 2.93. The summed E-state index contributed by atoms with van der Waals surface area (Å²) in [5.41, 5.74) is 2.01. The van der Waals surface area contributed by atoms with Crippen molar-refractivity contribution in [2.24, 2.45) is 0 Å². The Morgan fingerprint density at radius 1 is 1.45 bits per heavy atom. The minimum atomic E-state index is -0.410. The molecule has 2 heterocycles. The number of aryl methyl sites for hydroxylation is 1. The summed E-state index contributed by atoms with van der Waals surface area (Å²) in [5, 5.41) is 3.42. The first-order chi connectivity index (χ1) is 9.63. The van der Waals surface area contributed by atoms with Crippen LogP contribution in [0.2, 0.25) is 0 Å². The molecule has 1 amide bonds. The van der Waals surface area contributed by atoms with Crippen molar-refractivity contribution < 1.29 is 13.9 Å². The van der Waals surface area contributed by atoms with Gasteiger partial charge in [0.2, 0.25) is 0 Å². The smallest absolute Gasteiger partial charge is 0.253 e. The molecule has 0 bridgehead atoms. The number of rotatable bonds is 2. The molecule has 5 heteroatoms. The highest BCUT2D eigenvalue weighted by Gasteiger charge is 2.24. The lowest BCUT2D eigenvalue weighted by Crippen LogP contribution is -2.27. The summed E-state index contributed by atoms with van der Waals surface area (Å²) in [6.45, 7) is 2.45. The van der Waals surface area contributed by atoms with Crippen molar-refractivity contribution in [3.8, 4) is 0 Å². The van der Waals surface area contributed by atoms with Gasteiger partial charge in [-0.3, -0.25) is 9.78 Å². The van der Waals surface area contributed by atoms with Gasteiger partial charge in [0.05, 0.1) is 11.2 Å². The van der Waals surface area contributed by atoms with Gasteiger partial charge < -0.3 is 10.1 Å². The second-order valence-corrected chi connectivity index (χ2v) is 4.96. The number of benzene rings is 1. The highest BCUT2D eigenvalue weighted by molar-refractivity contribution is 6.02. The van der Waals surface area contributed by atoms with Crippen LogP contribution in [0.25, 0.3) is 10.9 Å². The zero-order chi connectivity index (χ0) is 14.1. The summed E-state index contributed by atoms with van der Waals surface area (Å²) in [6, 6.07) is 6.10. The molecule has 3 rings (SSSR count). The number of amides is 1. The van der Waals surface area contributed by atoms with E-state index in [-0.39, 0.29) is 11.7 Å². The molecule has 1 atom stereocenters. The Morgan fingerprint density at radius 2 is 2.30 bits per heavy atom. The molecule has 1 aromatic heterocycles. The number of hydrogen-bond acceptors (Lipinski definition) is 3. The second kappa shape index (κ2) is 5.17. The van der Waals surface area contributed by atoms with Crippen LogP contribution in [0, 0.1) is 12.7 Å². The van der Waals surface area contributed by atoms with Gasteiger partial charge in [0.15, 0.2) is 0 Å². The predicted molar refractivity (Wildman–Crippen MR) is 74.0 cm³/mol. The molecular formula is C15H15FN2O2. The minimum Gasteiger partial charge on any atom is -0.368 e. The van der Waals surface area contributed by atoms with Crippen LogP contribution < -0.4 is 5.32 Å². The molecule has 1 saturated heterocycles. The Labute approximate surface area is 116 Å². The number of carbonyl (C=O) groups is 1. The van der Waals surface area contributed by atoms with Gasteiger partial charge in [-0.25, -0.2) is 4.39 Å². The van der Waals surface area contributed by atoms with Gasteiger partial charge in [-0.15, -0.1) is 0 Å². The number of anilines is 1. The van der Waals surface area contributed by atoms with E-state index in [4.69, 9.17) is 4.74 Å². The van der Waals surface area contributed by atoms with Crippen LogP contribution in [0.5, 0.6) is 0 Å². The molecule has 104 valence electrons. The molecule has 4 nitrogen and oxygen atoms in total. The molecule has 0 radical (unpaired) electrons. The third-order valence-electron chi connectivity index (χ3n) is 3.38. The first-order valence-corrected chi connectivity index (χ1v) is 6.63. The number of halogens is 1. The van der Waals surface area contributed by atoms with E-state index in [2.05, 4.69) is 10.3 Å². The maximum absolute atomic E-state index is 13.4. The molecule has 2 aromatic rings. The standard InChI is InChI=1S/C15H15FN2O2/c1-9-7-13(18-15(19)14-3-2-6-20-14)11-8-10(16)4-5-12(11)17-9/h4-5,7-8,14H,2-3,6H2,1H3,(H,17,18,19). The number of ether oxygens (including phenoxy) is 1. The Kier molecular flexibility index (Phi) is 3.36. The van der Waals surface area contributed by atoms with E-state index in [9.17, 15) is 9.18 Å². The summed E-state index contributed by atoms with van der Waals surface area (Å²) in [4.78, 5) is 16.4. The minimum absolute atomic E-state index is 0.182. The van der Waals surface area contributed by atoms with Crippen LogP contribution in [0.4, 0.5) is 10.1 Å². The van der Waals surface area contributed by atoms with Crippen molar-refractivity contribution in [2.45, 2.75) is 25.9 Å². The number of fused-ring (bicyclic) bond motifs is 1. The summed E-state index contributed by atoms with van der Waals surface area (Å²) < 4.78 is 18.7. The van der Waals surface area contributed by atoms with Crippen LogP contribution >= 0.6 is 0 Å². The van der Waals surface area contributed by atoms with Crippen molar-refractivity contribution in [3.63, 3.8) is 0 Å². The van der Waals surface area contributed by atoms with Gasteiger partial charge in [-0.2, -0.15) is 0 Å². The Hall–Kier alpha value is -2.01. The highest BCUT2D eigenvalue weighted by atomic mass is 19.1. The topological polar surface area (TPSA) is 51.2 Å². The van der Waals surface area contributed by atoms with E-state index in [0.717, 1.165) is 18.5 Å². The molecule has 1 fully saturated rings. The van der Waals surface area contributed by atoms with Gasteiger partial charge in [0.1, 0.15) is 11.9 Å². The van der Waals surface area contributed by atoms with Crippen LogP contribution in [-0.2, 0) is 9.53 Å². The summed E-state index contributed by atoms with van der Waals surface area (Å²) >= 11 is 0. The number of carbonyl (C=O) groups excluding carboxylic acids is 1. The van der Waals surface area contributed by atoms with E-state index in [1.165, 1.54) is 12.1 Å². The van der Waals surface area contributed by atoms with Crippen molar-refractivity contribution in [2.75, 3.05) is 11.9 Å². The van der Waals surface area contributed by atoms with E-state index in [0.29, 0.717) is 23.2 Å². The quantitative estimate of drug-likeness (QED) is 0.916. The molecule has 0 saturated carbocycles. The predicted octanol–water partition coefficient (Wildman–Crippen LogP) is 2.80. The van der Waals surface area contributed by atoms with E-state index in [1.54, 1.807) is 12.1 Å². The molecule has 0 spiro atoms. The third kappa shape index (κ3) is 2.49. The maximum Gasteiger partial charge on any atom is 0.253 e. The van der Waals surface area contributed by atoms with Crippen LogP contribution in [0.15, 0.2) is 24.3 Å².